The van der Waals surface area contributed by atoms with Crippen LogP contribution in [0.1, 0.15) is 40.5 Å². The van der Waals surface area contributed by atoms with Crippen LogP contribution in [0.2, 0.25) is 0 Å². The van der Waals surface area contributed by atoms with Crippen LogP contribution in [-0.4, -0.2) is 37.1 Å². The lowest BCUT2D eigenvalue weighted by atomic mass is 10.1. The largest absolute Gasteiger partial charge is 0.317 e. The molecule has 0 bridgehead atoms. The van der Waals surface area contributed by atoms with Crippen LogP contribution >= 0.6 is 0 Å². The molecule has 3 unspecified atom stereocenters. The summed E-state index contributed by atoms with van der Waals surface area (Å²) in [4.78, 5) is 2.47. The first-order valence-electron chi connectivity index (χ1n) is 5.42. The summed E-state index contributed by atoms with van der Waals surface area (Å²) < 4.78 is 0. The summed E-state index contributed by atoms with van der Waals surface area (Å²) in [5.74, 6) is 0. The number of hydrogen-bond donors (Lipinski definition) is 1. The SMILES string of the molecule is CCC(C)N(C)C(C)CC(C)NC. The van der Waals surface area contributed by atoms with Crippen LogP contribution in [0.3, 0.4) is 0 Å². The highest BCUT2D eigenvalue weighted by molar-refractivity contribution is 4.73. The molecule has 0 aromatic carbocycles. The second-order valence-electron chi connectivity index (χ2n) is 4.20. The molecule has 2 nitrogen and oxygen atoms in total. The summed E-state index contributed by atoms with van der Waals surface area (Å²) in [6, 6.07) is 1.97. The Hall–Kier alpha value is -0.0800. The Bertz CT molecular complexity index is 125. The molecular formula is C11H26N2. The van der Waals surface area contributed by atoms with Gasteiger partial charge >= 0.3 is 0 Å². The maximum atomic E-state index is 3.28. The van der Waals surface area contributed by atoms with Gasteiger partial charge in [-0.15, -0.1) is 0 Å². The van der Waals surface area contributed by atoms with E-state index in [2.05, 4.69) is 45.0 Å². The number of nitrogens with one attached hydrogen (secondary N) is 1. The molecule has 80 valence electrons. The zero-order valence-electron chi connectivity index (χ0n) is 10.1. The van der Waals surface area contributed by atoms with Gasteiger partial charge < -0.3 is 10.2 Å². The normalized spacial score (nSPS) is 18.7. The quantitative estimate of drug-likeness (QED) is 0.683. The van der Waals surface area contributed by atoms with Crippen molar-refractivity contribution in [1.82, 2.24) is 10.2 Å². The van der Waals surface area contributed by atoms with Gasteiger partial charge in [0.1, 0.15) is 0 Å². The predicted octanol–water partition coefficient (Wildman–Crippen LogP) is 2.10. The molecule has 0 aliphatic heterocycles. The smallest absolute Gasteiger partial charge is 0.00813 e. The number of rotatable bonds is 6. The predicted molar refractivity (Wildman–Crippen MR) is 60.1 cm³/mol. The third kappa shape index (κ3) is 4.63. The van der Waals surface area contributed by atoms with Gasteiger partial charge in [-0.05, 0) is 47.7 Å². The van der Waals surface area contributed by atoms with Crippen molar-refractivity contribution in [2.45, 2.75) is 58.7 Å². The van der Waals surface area contributed by atoms with Gasteiger partial charge in [0.2, 0.25) is 0 Å². The highest BCUT2D eigenvalue weighted by atomic mass is 15.1. The first kappa shape index (κ1) is 12.9. The van der Waals surface area contributed by atoms with Crippen LogP contribution in [0, 0.1) is 0 Å². The molecule has 0 rings (SSSR count). The Balaban J connectivity index is 3.87. The average molecular weight is 186 g/mol. The molecule has 0 radical (unpaired) electrons. The lowest BCUT2D eigenvalue weighted by Gasteiger charge is -2.31. The van der Waals surface area contributed by atoms with E-state index in [1.165, 1.54) is 12.8 Å². The molecule has 13 heavy (non-hydrogen) atoms. The van der Waals surface area contributed by atoms with Crippen LogP contribution in [0.25, 0.3) is 0 Å². The van der Waals surface area contributed by atoms with Crippen molar-refractivity contribution in [3.8, 4) is 0 Å². The van der Waals surface area contributed by atoms with Crippen LogP contribution in [0.15, 0.2) is 0 Å². The fourth-order valence-corrected chi connectivity index (χ4v) is 1.52. The minimum atomic E-state index is 0.613. The van der Waals surface area contributed by atoms with E-state index in [9.17, 15) is 0 Å². The summed E-state index contributed by atoms with van der Waals surface area (Å²) in [5, 5.41) is 3.28. The van der Waals surface area contributed by atoms with Crippen molar-refractivity contribution >= 4 is 0 Å². The molecule has 0 amide bonds. The zero-order chi connectivity index (χ0) is 10.4. The van der Waals surface area contributed by atoms with Crippen molar-refractivity contribution in [3.05, 3.63) is 0 Å². The van der Waals surface area contributed by atoms with Crippen LogP contribution in [0.4, 0.5) is 0 Å². The topological polar surface area (TPSA) is 15.3 Å². The molecule has 0 saturated carbocycles. The molecule has 0 saturated heterocycles. The van der Waals surface area contributed by atoms with E-state index < -0.39 is 0 Å². The molecule has 0 aliphatic rings. The lowest BCUT2D eigenvalue weighted by molar-refractivity contribution is 0.174. The van der Waals surface area contributed by atoms with Crippen molar-refractivity contribution in [3.63, 3.8) is 0 Å². The van der Waals surface area contributed by atoms with Gasteiger partial charge in [-0.25, -0.2) is 0 Å². The lowest BCUT2D eigenvalue weighted by Crippen LogP contribution is -2.40. The Labute approximate surface area is 83.7 Å². The fourth-order valence-electron chi connectivity index (χ4n) is 1.52. The van der Waals surface area contributed by atoms with E-state index >= 15 is 0 Å². The highest BCUT2D eigenvalue weighted by Gasteiger charge is 2.15. The second kappa shape index (κ2) is 6.39. The minimum Gasteiger partial charge on any atom is -0.317 e. The summed E-state index contributed by atoms with van der Waals surface area (Å²) in [5.41, 5.74) is 0. The summed E-state index contributed by atoms with van der Waals surface area (Å²) in [6.45, 7) is 9.08. The van der Waals surface area contributed by atoms with E-state index in [4.69, 9.17) is 0 Å². The minimum absolute atomic E-state index is 0.613. The molecule has 2 heteroatoms. The average Bonchev–Trinajstić information content (AvgIpc) is 2.14. The van der Waals surface area contributed by atoms with Crippen molar-refractivity contribution in [2.75, 3.05) is 14.1 Å². The molecule has 3 atom stereocenters. The Morgan fingerprint density at radius 2 is 1.69 bits per heavy atom. The first-order valence-corrected chi connectivity index (χ1v) is 5.42. The van der Waals surface area contributed by atoms with Crippen molar-refractivity contribution in [1.29, 1.82) is 0 Å². The monoisotopic (exact) mass is 186 g/mol. The maximum Gasteiger partial charge on any atom is 0.00813 e. The van der Waals surface area contributed by atoms with Gasteiger partial charge in [0.15, 0.2) is 0 Å². The van der Waals surface area contributed by atoms with E-state index in [-0.39, 0.29) is 0 Å². The zero-order valence-corrected chi connectivity index (χ0v) is 10.1. The summed E-state index contributed by atoms with van der Waals surface area (Å²) in [7, 11) is 4.25. The van der Waals surface area contributed by atoms with Crippen LogP contribution in [-0.2, 0) is 0 Å². The highest BCUT2D eigenvalue weighted by Crippen LogP contribution is 2.10. The Kier molecular flexibility index (Phi) is 6.35. The second-order valence-corrected chi connectivity index (χ2v) is 4.20. The summed E-state index contributed by atoms with van der Waals surface area (Å²) in [6.07, 6.45) is 2.45. The third-order valence-corrected chi connectivity index (χ3v) is 3.17. The molecule has 1 N–H and O–H groups in total. The molecule has 0 aliphatic carbocycles. The van der Waals surface area contributed by atoms with Gasteiger partial charge in [-0.2, -0.15) is 0 Å². The molecular weight excluding hydrogens is 160 g/mol. The van der Waals surface area contributed by atoms with Crippen LogP contribution < -0.4 is 5.32 Å². The van der Waals surface area contributed by atoms with Gasteiger partial charge in [0.05, 0.1) is 0 Å². The number of hydrogen-bond acceptors (Lipinski definition) is 2. The van der Waals surface area contributed by atoms with Crippen LogP contribution in [0.5, 0.6) is 0 Å². The Morgan fingerprint density at radius 3 is 2.08 bits per heavy atom. The fraction of sp³-hybridized carbons (Fsp3) is 1.00. The third-order valence-electron chi connectivity index (χ3n) is 3.17. The van der Waals surface area contributed by atoms with E-state index in [0.717, 1.165) is 0 Å². The maximum absolute atomic E-state index is 3.28. The van der Waals surface area contributed by atoms with E-state index in [1.54, 1.807) is 0 Å². The molecule has 0 spiro atoms. The van der Waals surface area contributed by atoms with E-state index in [0.29, 0.717) is 18.1 Å². The molecule has 0 fully saturated rings. The summed E-state index contributed by atoms with van der Waals surface area (Å²) >= 11 is 0. The van der Waals surface area contributed by atoms with E-state index in [1.807, 2.05) is 7.05 Å². The first-order chi connectivity index (χ1) is 6.02. The van der Waals surface area contributed by atoms with Gasteiger partial charge in [0, 0.05) is 18.1 Å². The van der Waals surface area contributed by atoms with Gasteiger partial charge in [-0.1, -0.05) is 6.92 Å². The van der Waals surface area contributed by atoms with Gasteiger partial charge in [-0.3, -0.25) is 0 Å². The van der Waals surface area contributed by atoms with Crippen molar-refractivity contribution < 1.29 is 0 Å². The number of nitrogens with zero attached hydrogens (tertiary/aromatic N) is 1. The van der Waals surface area contributed by atoms with Crippen molar-refractivity contribution in [2.24, 2.45) is 0 Å². The standard InChI is InChI=1S/C11H26N2/c1-7-10(3)13(6)11(4)8-9(2)12-5/h9-12H,7-8H2,1-6H3. The molecule has 0 heterocycles. The Morgan fingerprint density at radius 1 is 1.15 bits per heavy atom. The molecule has 0 aromatic rings. The molecule has 0 aromatic heterocycles. The van der Waals surface area contributed by atoms with Gasteiger partial charge in [0.25, 0.3) is 0 Å².